The van der Waals surface area contributed by atoms with Crippen LogP contribution in [0.25, 0.3) is 0 Å². The van der Waals surface area contributed by atoms with Crippen molar-refractivity contribution in [1.29, 1.82) is 0 Å². The summed E-state index contributed by atoms with van der Waals surface area (Å²) in [4.78, 5) is 42.8. The molecule has 0 aliphatic heterocycles. The second-order valence-electron chi connectivity index (χ2n) is 5.33. The summed E-state index contributed by atoms with van der Waals surface area (Å²) in [5.41, 5.74) is 2.27. The van der Waals surface area contributed by atoms with Crippen LogP contribution in [-0.4, -0.2) is 33.6 Å². The molecule has 0 unspecified atom stereocenters. The van der Waals surface area contributed by atoms with E-state index in [1.165, 1.54) is 20.0 Å². The van der Waals surface area contributed by atoms with Gasteiger partial charge in [-0.2, -0.15) is 0 Å². The average molecular weight is 314 g/mol. The quantitative estimate of drug-likeness (QED) is 0.677. The second-order valence-corrected chi connectivity index (χ2v) is 5.33. The fraction of sp³-hybridized carbons (Fsp3) is 0.294. The van der Waals surface area contributed by atoms with E-state index in [2.05, 4.69) is 9.97 Å². The topological polar surface area (TPSA) is 89.1 Å². The Morgan fingerprint density at radius 1 is 1.26 bits per heavy atom. The van der Waals surface area contributed by atoms with Gasteiger partial charge in [0.2, 0.25) is 5.78 Å². The number of hydrogen-bond donors (Lipinski definition) is 1. The minimum absolute atomic E-state index is 0.115. The Labute approximate surface area is 133 Å². The van der Waals surface area contributed by atoms with Gasteiger partial charge in [0.1, 0.15) is 0 Å². The number of aromatic amines is 1. The number of Topliss-reactive ketones (excluding diaryl/α,β-unsaturated/α-hetero) is 2. The Morgan fingerprint density at radius 3 is 2.48 bits per heavy atom. The molecule has 2 rings (SSSR count). The van der Waals surface area contributed by atoms with Gasteiger partial charge < -0.3 is 9.72 Å². The number of pyridine rings is 1. The number of esters is 1. The Morgan fingerprint density at radius 2 is 1.96 bits per heavy atom. The van der Waals surface area contributed by atoms with E-state index in [0.29, 0.717) is 22.5 Å². The first kappa shape index (κ1) is 16.6. The molecule has 0 saturated carbocycles. The maximum atomic E-state index is 12.5. The van der Waals surface area contributed by atoms with Gasteiger partial charge >= 0.3 is 5.97 Å². The van der Waals surface area contributed by atoms with Gasteiger partial charge in [0, 0.05) is 23.7 Å². The molecule has 0 fully saturated rings. The van der Waals surface area contributed by atoms with Gasteiger partial charge in [0.25, 0.3) is 0 Å². The lowest BCUT2D eigenvalue weighted by molar-refractivity contribution is 0.0316. The number of aryl methyl sites for hydroxylation is 1. The summed E-state index contributed by atoms with van der Waals surface area (Å²) in [5, 5.41) is 0. The van der Waals surface area contributed by atoms with Crippen LogP contribution in [0, 0.1) is 13.8 Å². The minimum Gasteiger partial charge on any atom is -0.451 e. The Bertz CT molecular complexity index is 762. The zero-order chi connectivity index (χ0) is 17.1. The number of hydrogen-bond acceptors (Lipinski definition) is 5. The number of nitrogens with zero attached hydrogens (tertiary/aromatic N) is 1. The molecule has 2 aromatic rings. The van der Waals surface area contributed by atoms with Gasteiger partial charge in [-0.05, 0) is 45.4 Å². The molecule has 0 spiro atoms. The van der Waals surface area contributed by atoms with Crippen LogP contribution in [0.2, 0.25) is 0 Å². The van der Waals surface area contributed by atoms with Crippen molar-refractivity contribution in [1.82, 2.24) is 9.97 Å². The number of H-pyrrole nitrogens is 1. The highest BCUT2D eigenvalue weighted by atomic mass is 16.5. The van der Waals surface area contributed by atoms with Crippen LogP contribution in [0.4, 0.5) is 0 Å². The molecule has 6 nitrogen and oxygen atoms in total. The maximum Gasteiger partial charge on any atom is 0.340 e. The molecule has 0 amide bonds. The van der Waals surface area contributed by atoms with Crippen LogP contribution in [0.3, 0.4) is 0 Å². The smallest absolute Gasteiger partial charge is 0.340 e. The number of ether oxygens (including phenoxy) is 1. The summed E-state index contributed by atoms with van der Waals surface area (Å²) in [6, 6.07) is 3.17. The normalized spacial score (nSPS) is 11.8. The van der Waals surface area contributed by atoms with E-state index in [1.807, 2.05) is 0 Å². The third-order valence-corrected chi connectivity index (χ3v) is 3.59. The molecule has 2 aromatic heterocycles. The Hall–Kier alpha value is -2.76. The zero-order valence-electron chi connectivity index (χ0n) is 13.5. The molecule has 1 atom stereocenters. The molecule has 1 N–H and O–H groups in total. The molecule has 0 aromatic carbocycles. The van der Waals surface area contributed by atoms with Crippen molar-refractivity contribution in [2.75, 3.05) is 0 Å². The predicted octanol–water partition coefficient (Wildman–Crippen LogP) is 2.66. The van der Waals surface area contributed by atoms with Gasteiger partial charge in [-0.25, -0.2) is 4.79 Å². The second kappa shape index (κ2) is 6.56. The van der Waals surface area contributed by atoms with Crippen LogP contribution < -0.4 is 0 Å². The first-order valence-corrected chi connectivity index (χ1v) is 7.18. The summed E-state index contributed by atoms with van der Waals surface area (Å²) in [6.07, 6.45) is 1.94. The maximum absolute atomic E-state index is 12.5. The molecule has 0 bridgehead atoms. The lowest BCUT2D eigenvalue weighted by Crippen LogP contribution is -2.25. The van der Waals surface area contributed by atoms with E-state index in [4.69, 9.17) is 4.74 Å². The number of carbonyl (C=O) groups excluding carboxylic acids is 3. The summed E-state index contributed by atoms with van der Waals surface area (Å²) in [5.74, 6) is -1.11. The molecular formula is C17H18N2O4. The van der Waals surface area contributed by atoms with Crippen molar-refractivity contribution in [2.45, 2.75) is 33.8 Å². The van der Waals surface area contributed by atoms with Crippen molar-refractivity contribution < 1.29 is 19.1 Å². The van der Waals surface area contributed by atoms with Gasteiger partial charge in [0.15, 0.2) is 11.9 Å². The van der Waals surface area contributed by atoms with Gasteiger partial charge in [-0.1, -0.05) is 0 Å². The fourth-order valence-electron chi connectivity index (χ4n) is 2.49. The monoisotopic (exact) mass is 314 g/mol. The highest BCUT2D eigenvalue weighted by molar-refractivity contribution is 6.05. The summed E-state index contributed by atoms with van der Waals surface area (Å²) >= 11 is 0. The standard InChI is InChI=1S/C17H18N2O4/c1-9-14(11(3)20)10(2)19-15(9)16(21)12(4)23-17(22)13-6-5-7-18-8-13/h5-8,12,19H,1-4H3/t12-/m0/s1. The van der Waals surface area contributed by atoms with Crippen LogP contribution in [0.1, 0.15) is 56.3 Å². The number of aromatic nitrogens is 2. The molecule has 0 aliphatic carbocycles. The van der Waals surface area contributed by atoms with Crippen molar-refractivity contribution >= 4 is 17.5 Å². The zero-order valence-corrected chi connectivity index (χ0v) is 13.5. The first-order chi connectivity index (χ1) is 10.8. The van der Waals surface area contributed by atoms with Crippen LogP contribution >= 0.6 is 0 Å². The number of ketones is 2. The Balaban J connectivity index is 2.19. The van der Waals surface area contributed by atoms with Crippen LogP contribution in [0.15, 0.2) is 24.5 Å². The van der Waals surface area contributed by atoms with Crippen LogP contribution in [0.5, 0.6) is 0 Å². The highest BCUT2D eigenvalue weighted by Crippen LogP contribution is 2.20. The van der Waals surface area contributed by atoms with E-state index in [-0.39, 0.29) is 17.1 Å². The van der Waals surface area contributed by atoms with Crippen molar-refractivity contribution in [2.24, 2.45) is 0 Å². The lowest BCUT2D eigenvalue weighted by atomic mass is 10.0. The molecule has 0 aliphatic rings. The Kier molecular flexibility index (Phi) is 4.74. The van der Waals surface area contributed by atoms with Crippen LogP contribution in [-0.2, 0) is 4.74 Å². The fourth-order valence-corrected chi connectivity index (χ4v) is 2.49. The molecule has 120 valence electrons. The van der Waals surface area contributed by atoms with Gasteiger partial charge in [-0.3, -0.25) is 14.6 Å². The molecular weight excluding hydrogens is 296 g/mol. The SMILES string of the molecule is CC(=O)c1c(C)[nH]c(C(=O)[C@H](C)OC(=O)c2cccnc2)c1C. The summed E-state index contributed by atoms with van der Waals surface area (Å²) < 4.78 is 5.18. The first-order valence-electron chi connectivity index (χ1n) is 7.18. The van der Waals surface area contributed by atoms with E-state index in [1.54, 1.807) is 32.2 Å². The van der Waals surface area contributed by atoms with E-state index >= 15 is 0 Å². The minimum atomic E-state index is -0.973. The summed E-state index contributed by atoms with van der Waals surface area (Å²) in [7, 11) is 0. The molecule has 0 saturated heterocycles. The van der Waals surface area contributed by atoms with E-state index in [0.717, 1.165) is 0 Å². The molecule has 6 heteroatoms. The largest absolute Gasteiger partial charge is 0.451 e. The predicted molar refractivity (Wildman–Crippen MR) is 83.7 cm³/mol. The number of carbonyl (C=O) groups is 3. The highest BCUT2D eigenvalue weighted by Gasteiger charge is 2.26. The third kappa shape index (κ3) is 3.36. The summed E-state index contributed by atoms with van der Waals surface area (Å²) in [6.45, 7) is 6.37. The third-order valence-electron chi connectivity index (χ3n) is 3.59. The molecule has 2 heterocycles. The average Bonchev–Trinajstić information content (AvgIpc) is 2.82. The molecule has 23 heavy (non-hydrogen) atoms. The van der Waals surface area contributed by atoms with Crippen molar-refractivity contribution in [3.63, 3.8) is 0 Å². The van der Waals surface area contributed by atoms with E-state index in [9.17, 15) is 14.4 Å². The lowest BCUT2D eigenvalue weighted by Gasteiger charge is -2.12. The van der Waals surface area contributed by atoms with Gasteiger partial charge in [-0.15, -0.1) is 0 Å². The van der Waals surface area contributed by atoms with Crippen molar-refractivity contribution in [3.8, 4) is 0 Å². The number of rotatable bonds is 5. The van der Waals surface area contributed by atoms with Crippen molar-refractivity contribution in [3.05, 3.63) is 52.6 Å². The van der Waals surface area contributed by atoms with Gasteiger partial charge in [0.05, 0.1) is 11.3 Å². The number of nitrogens with one attached hydrogen (secondary N) is 1. The molecule has 0 radical (unpaired) electrons. The van der Waals surface area contributed by atoms with E-state index < -0.39 is 12.1 Å².